The van der Waals surface area contributed by atoms with E-state index in [-0.39, 0.29) is 17.5 Å². The van der Waals surface area contributed by atoms with Crippen molar-refractivity contribution in [3.05, 3.63) is 48.2 Å². The van der Waals surface area contributed by atoms with Crippen LogP contribution < -0.4 is 10.6 Å². The third kappa shape index (κ3) is 4.48. The molecule has 0 aliphatic heterocycles. The number of anilines is 3. The first-order valence-corrected chi connectivity index (χ1v) is 7.52. The van der Waals surface area contributed by atoms with Crippen molar-refractivity contribution in [2.75, 3.05) is 10.6 Å². The summed E-state index contributed by atoms with van der Waals surface area (Å²) in [5.41, 5.74) is 0.708. The fraction of sp³-hybridized carbons (Fsp3) is 0.294. The van der Waals surface area contributed by atoms with E-state index in [9.17, 15) is 13.6 Å². The lowest BCUT2D eigenvalue weighted by molar-refractivity contribution is -0.120. The molecule has 0 bridgehead atoms. The smallest absolute Gasteiger partial charge is 0.227 e. The van der Waals surface area contributed by atoms with Gasteiger partial charge in [0, 0.05) is 12.0 Å². The first-order chi connectivity index (χ1) is 11.0. The molecule has 1 amide bonds. The number of halogens is 2. The van der Waals surface area contributed by atoms with Crippen LogP contribution >= 0.6 is 0 Å². The number of hydrogen-bond donors (Lipinski definition) is 2. The Labute approximate surface area is 133 Å². The normalized spacial score (nSPS) is 10.7. The predicted octanol–water partition coefficient (Wildman–Crippen LogP) is 4.48. The van der Waals surface area contributed by atoms with Crippen molar-refractivity contribution in [3.63, 3.8) is 0 Å². The zero-order valence-electron chi connectivity index (χ0n) is 13.1. The third-order valence-corrected chi connectivity index (χ3v) is 3.58. The van der Waals surface area contributed by atoms with Gasteiger partial charge in [-0.1, -0.05) is 13.8 Å². The lowest BCUT2D eigenvalue weighted by Crippen LogP contribution is -2.21. The molecule has 0 aliphatic carbocycles. The first kappa shape index (κ1) is 16.9. The summed E-state index contributed by atoms with van der Waals surface area (Å²) in [5, 5.41) is 5.56. The number of hydrogen-bond acceptors (Lipinski definition) is 3. The number of rotatable bonds is 6. The fourth-order valence-corrected chi connectivity index (χ4v) is 2.17. The highest BCUT2D eigenvalue weighted by molar-refractivity contribution is 5.92. The van der Waals surface area contributed by atoms with Crippen molar-refractivity contribution < 1.29 is 13.6 Å². The molecular formula is C17H19F2N3O. The largest absolute Gasteiger partial charge is 0.338 e. The molecule has 0 atom stereocenters. The summed E-state index contributed by atoms with van der Waals surface area (Å²) in [5.74, 6) is -1.00. The van der Waals surface area contributed by atoms with E-state index < -0.39 is 11.6 Å². The topological polar surface area (TPSA) is 54.0 Å². The fourth-order valence-electron chi connectivity index (χ4n) is 2.17. The zero-order valence-corrected chi connectivity index (χ0v) is 13.1. The summed E-state index contributed by atoms with van der Waals surface area (Å²) in [7, 11) is 0. The number of aromatic nitrogens is 1. The Balaban J connectivity index is 2.03. The van der Waals surface area contributed by atoms with E-state index in [2.05, 4.69) is 15.6 Å². The molecule has 1 aromatic heterocycles. The van der Waals surface area contributed by atoms with Crippen LogP contribution in [0.15, 0.2) is 36.5 Å². The van der Waals surface area contributed by atoms with Gasteiger partial charge >= 0.3 is 0 Å². The third-order valence-electron chi connectivity index (χ3n) is 3.58. The number of benzene rings is 1. The van der Waals surface area contributed by atoms with Crippen molar-refractivity contribution in [1.82, 2.24) is 4.98 Å². The Bertz CT molecular complexity index is 670. The average molecular weight is 319 g/mol. The van der Waals surface area contributed by atoms with E-state index >= 15 is 0 Å². The van der Waals surface area contributed by atoms with Gasteiger partial charge in [-0.2, -0.15) is 0 Å². The van der Waals surface area contributed by atoms with Crippen molar-refractivity contribution in [3.8, 4) is 0 Å². The van der Waals surface area contributed by atoms with Gasteiger partial charge in [0.2, 0.25) is 5.91 Å². The van der Waals surface area contributed by atoms with Gasteiger partial charge in [-0.3, -0.25) is 4.79 Å². The number of carbonyl (C=O) groups excluding carboxylic acids is 1. The van der Waals surface area contributed by atoms with E-state index in [1.807, 2.05) is 13.8 Å². The second-order valence-corrected chi connectivity index (χ2v) is 5.18. The van der Waals surface area contributed by atoms with Gasteiger partial charge in [0.05, 0.1) is 17.6 Å². The Morgan fingerprint density at radius 1 is 1.17 bits per heavy atom. The van der Waals surface area contributed by atoms with Gasteiger partial charge in [0.15, 0.2) is 0 Å². The monoisotopic (exact) mass is 319 g/mol. The summed E-state index contributed by atoms with van der Waals surface area (Å²) in [6.07, 6.45) is 3.04. The number of pyridine rings is 1. The van der Waals surface area contributed by atoms with Crippen LogP contribution in [0.2, 0.25) is 0 Å². The molecule has 0 unspecified atom stereocenters. The molecule has 1 heterocycles. The summed E-state index contributed by atoms with van der Waals surface area (Å²) in [4.78, 5) is 16.1. The lowest BCUT2D eigenvalue weighted by atomic mass is 10.0. The maximum absolute atomic E-state index is 13.6. The highest BCUT2D eigenvalue weighted by Gasteiger charge is 2.14. The van der Waals surface area contributed by atoms with E-state index in [1.165, 1.54) is 12.3 Å². The second-order valence-electron chi connectivity index (χ2n) is 5.18. The van der Waals surface area contributed by atoms with Gasteiger partial charge in [-0.25, -0.2) is 13.8 Å². The van der Waals surface area contributed by atoms with Crippen LogP contribution in [0.25, 0.3) is 0 Å². The lowest BCUT2D eigenvalue weighted by Gasteiger charge is -2.13. The molecule has 2 rings (SSSR count). The molecule has 0 fully saturated rings. The average Bonchev–Trinajstić information content (AvgIpc) is 2.53. The van der Waals surface area contributed by atoms with Crippen LogP contribution in [-0.4, -0.2) is 10.9 Å². The van der Waals surface area contributed by atoms with Crippen LogP contribution in [0, 0.1) is 17.6 Å². The second kappa shape index (κ2) is 7.67. The maximum Gasteiger partial charge on any atom is 0.227 e. The van der Waals surface area contributed by atoms with Crippen LogP contribution in [0.4, 0.5) is 26.0 Å². The van der Waals surface area contributed by atoms with Crippen molar-refractivity contribution in [2.45, 2.75) is 26.7 Å². The maximum atomic E-state index is 13.6. The minimum atomic E-state index is -0.696. The number of nitrogens with one attached hydrogen (secondary N) is 2. The van der Waals surface area contributed by atoms with Crippen LogP contribution in [-0.2, 0) is 4.79 Å². The Morgan fingerprint density at radius 3 is 2.48 bits per heavy atom. The predicted molar refractivity (Wildman–Crippen MR) is 86.6 cm³/mol. The molecular weight excluding hydrogens is 300 g/mol. The van der Waals surface area contributed by atoms with Crippen LogP contribution in [0.5, 0.6) is 0 Å². The summed E-state index contributed by atoms with van der Waals surface area (Å²) in [6.45, 7) is 3.94. The summed E-state index contributed by atoms with van der Waals surface area (Å²) < 4.78 is 26.4. The van der Waals surface area contributed by atoms with Gasteiger partial charge in [0.1, 0.15) is 17.5 Å². The molecule has 2 aromatic rings. The minimum absolute atomic E-state index is 0.0267. The molecule has 0 saturated carbocycles. The summed E-state index contributed by atoms with van der Waals surface area (Å²) >= 11 is 0. The van der Waals surface area contributed by atoms with E-state index in [0.717, 1.165) is 25.0 Å². The van der Waals surface area contributed by atoms with Crippen molar-refractivity contribution in [1.29, 1.82) is 0 Å². The van der Waals surface area contributed by atoms with Gasteiger partial charge in [0.25, 0.3) is 0 Å². The van der Waals surface area contributed by atoms with E-state index in [4.69, 9.17) is 0 Å². The molecule has 0 saturated heterocycles. The molecule has 122 valence electrons. The van der Waals surface area contributed by atoms with Gasteiger partial charge in [-0.15, -0.1) is 0 Å². The first-order valence-electron chi connectivity index (χ1n) is 7.52. The summed E-state index contributed by atoms with van der Waals surface area (Å²) in [6, 6.07) is 6.56. The van der Waals surface area contributed by atoms with Gasteiger partial charge in [-0.05, 0) is 37.1 Å². The van der Waals surface area contributed by atoms with Crippen molar-refractivity contribution >= 4 is 23.1 Å². The highest BCUT2D eigenvalue weighted by atomic mass is 19.1. The van der Waals surface area contributed by atoms with Crippen molar-refractivity contribution in [2.24, 2.45) is 5.92 Å². The van der Waals surface area contributed by atoms with Crippen LogP contribution in [0.1, 0.15) is 26.7 Å². The highest BCUT2D eigenvalue weighted by Crippen LogP contribution is 2.20. The van der Waals surface area contributed by atoms with E-state index in [1.54, 1.807) is 12.1 Å². The van der Waals surface area contributed by atoms with Crippen LogP contribution in [0.3, 0.4) is 0 Å². The molecule has 23 heavy (non-hydrogen) atoms. The molecule has 0 radical (unpaired) electrons. The molecule has 4 nitrogen and oxygen atoms in total. The van der Waals surface area contributed by atoms with Gasteiger partial charge < -0.3 is 10.6 Å². The molecule has 0 spiro atoms. The number of nitrogens with zero attached hydrogens (tertiary/aromatic N) is 1. The quantitative estimate of drug-likeness (QED) is 0.825. The Kier molecular flexibility index (Phi) is 5.62. The molecule has 0 aliphatic rings. The molecule has 2 N–H and O–H groups in total. The number of amides is 1. The molecule has 6 heteroatoms. The number of carbonyl (C=O) groups is 1. The molecule has 1 aromatic carbocycles. The van der Waals surface area contributed by atoms with E-state index in [0.29, 0.717) is 11.5 Å². The Hall–Kier alpha value is -2.50. The minimum Gasteiger partial charge on any atom is -0.338 e. The zero-order chi connectivity index (χ0) is 16.8. The SMILES string of the molecule is CCC(CC)C(=O)Nc1ccc(Nc2ccc(F)cc2F)nc1. The Morgan fingerprint density at radius 2 is 1.91 bits per heavy atom. The standard InChI is InChI=1S/C17H19F2N3O/c1-3-11(4-2)17(23)21-13-6-8-16(20-10-13)22-15-7-5-12(18)9-14(15)19/h5-11H,3-4H2,1-2H3,(H,20,22)(H,21,23).